The van der Waals surface area contributed by atoms with Crippen molar-refractivity contribution in [1.29, 1.82) is 0 Å². The lowest BCUT2D eigenvalue weighted by Crippen LogP contribution is -2.32. The van der Waals surface area contributed by atoms with Crippen molar-refractivity contribution in [2.45, 2.75) is 19.8 Å². The predicted molar refractivity (Wildman–Crippen MR) is 117 cm³/mol. The number of aryl methyl sites for hydroxylation is 1. The van der Waals surface area contributed by atoms with Gasteiger partial charge in [0.15, 0.2) is 0 Å². The molecule has 0 atom stereocenters. The number of aromatic nitrogens is 2. The van der Waals surface area contributed by atoms with Crippen LogP contribution < -0.4 is 10.1 Å². The Labute approximate surface area is 178 Å². The van der Waals surface area contributed by atoms with E-state index in [-0.39, 0.29) is 5.82 Å². The quantitative estimate of drug-likeness (QED) is 0.561. The van der Waals surface area contributed by atoms with Gasteiger partial charge in [-0.15, -0.1) is 0 Å². The largest absolute Gasteiger partial charge is 0.493 e. The van der Waals surface area contributed by atoms with Crippen molar-refractivity contribution in [2.24, 2.45) is 5.92 Å². The molecule has 1 aliphatic rings. The second-order valence-corrected chi connectivity index (χ2v) is 8.58. The molecule has 7 heteroatoms. The van der Waals surface area contributed by atoms with Crippen LogP contribution in [0.15, 0.2) is 41.1 Å². The SMILES string of the molecule is Cc1cc2c(Nc3ccc(Br)cc3F)ncnc2cc1OCC1CCN(C)CC1. The highest BCUT2D eigenvalue weighted by molar-refractivity contribution is 9.10. The number of fused-ring (bicyclic) bond motifs is 1. The number of hydrogen-bond acceptors (Lipinski definition) is 5. The van der Waals surface area contributed by atoms with E-state index in [2.05, 4.69) is 43.2 Å². The number of nitrogens with one attached hydrogen (secondary N) is 1. The monoisotopic (exact) mass is 458 g/mol. The normalized spacial score (nSPS) is 15.6. The molecule has 1 aliphatic heterocycles. The fraction of sp³-hybridized carbons (Fsp3) is 0.364. The lowest BCUT2D eigenvalue weighted by Gasteiger charge is -2.28. The Morgan fingerprint density at radius 1 is 1.21 bits per heavy atom. The van der Waals surface area contributed by atoms with E-state index in [1.54, 1.807) is 12.1 Å². The van der Waals surface area contributed by atoms with Crippen molar-refractivity contribution in [3.05, 3.63) is 52.5 Å². The first-order valence-corrected chi connectivity index (χ1v) is 10.6. The summed E-state index contributed by atoms with van der Waals surface area (Å²) in [4.78, 5) is 11.1. The van der Waals surface area contributed by atoms with Crippen LogP contribution in [0.3, 0.4) is 0 Å². The molecule has 29 heavy (non-hydrogen) atoms. The van der Waals surface area contributed by atoms with Crippen LogP contribution in [-0.2, 0) is 0 Å². The molecule has 0 unspecified atom stereocenters. The first-order chi connectivity index (χ1) is 14.0. The van der Waals surface area contributed by atoms with Crippen LogP contribution in [0.2, 0.25) is 0 Å². The van der Waals surface area contributed by atoms with E-state index in [9.17, 15) is 4.39 Å². The fourth-order valence-electron chi connectivity index (χ4n) is 3.60. The maximum absolute atomic E-state index is 14.2. The summed E-state index contributed by atoms with van der Waals surface area (Å²) in [5.41, 5.74) is 2.15. The van der Waals surface area contributed by atoms with Gasteiger partial charge in [0.2, 0.25) is 0 Å². The maximum atomic E-state index is 14.2. The average Bonchev–Trinajstić information content (AvgIpc) is 2.70. The van der Waals surface area contributed by atoms with Crippen molar-refractivity contribution < 1.29 is 9.13 Å². The van der Waals surface area contributed by atoms with Gasteiger partial charge in [0.25, 0.3) is 0 Å². The maximum Gasteiger partial charge on any atom is 0.147 e. The first-order valence-electron chi connectivity index (χ1n) is 9.78. The van der Waals surface area contributed by atoms with Crippen molar-refractivity contribution in [2.75, 3.05) is 32.1 Å². The van der Waals surface area contributed by atoms with Crippen LogP contribution in [0.1, 0.15) is 18.4 Å². The van der Waals surface area contributed by atoms with E-state index in [0.29, 0.717) is 21.9 Å². The van der Waals surface area contributed by atoms with Crippen molar-refractivity contribution >= 4 is 38.3 Å². The third-order valence-electron chi connectivity index (χ3n) is 5.43. The van der Waals surface area contributed by atoms with Crippen LogP contribution >= 0.6 is 15.9 Å². The van der Waals surface area contributed by atoms with Gasteiger partial charge in [-0.3, -0.25) is 0 Å². The highest BCUT2D eigenvalue weighted by Gasteiger charge is 2.18. The molecule has 0 amide bonds. The van der Waals surface area contributed by atoms with Crippen LogP contribution in [0, 0.1) is 18.7 Å². The summed E-state index contributed by atoms with van der Waals surface area (Å²) in [6.07, 6.45) is 3.81. The molecule has 1 N–H and O–H groups in total. The van der Waals surface area contributed by atoms with Crippen molar-refractivity contribution in [3.8, 4) is 5.75 Å². The molecule has 0 radical (unpaired) electrons. The van der Waals surface area contributed by atoms with Gasteiger partial charge in [-0.25, -0.2) is 14.4 Å². The van der Waals surface area contributed by atoms with E-state index in [4.69, 9.17) is 4.74 Å². The molecule has 1 fully saturated rings. The molecule has 0 aliphatic carbocycles. The van der Waals surface area contributed by atoms with Crippen molar-refractivity contribution in [3.63, 3.8) is 0 Å². The number of nitrogens with zero attached hydrogens (tertiary/aromatic N) is 3. The third-order valence-corrected chi connectivity index (χ3v) is 5.92. The summed E-state index contributed by atoms with van der Waals surface area (Å²) in [6.45, 7) is 4.99. The zero-order valence-electron chi connectivity index (χ0n) is 16.6. The number of anilines is 2. The molecule has 1 saturated heterocycles. The van der Waals surface area contributed by atoms with Crippen molar-refractivity contribution in [1.82, 2.24) is 14.9 Å². The Hall–Kier alpha value is -2.25. The molecule has 5 nitrogen and oxygen atoms in total. The van der Waals surface area contributed by atoms with Gasteiger partial charge in [-0.2, -0.15) is 0 Å². The third kappa shape index (κ3) is 4.67. The number of halogens is 2. The van der Waals surface area contributed by atoms with Crippen LogP contribution in [0.5, 0.6) is 5.75 Å². The van der Waals surface area contributed by atoms with E-state index in [1.807, 2.05) is 19.1 Å². The Balaban J connectivity index is 1.55. The molecule has 2 aromatic carbocycles. The van der Waals surface area contributed by atoms with Gasteiger partial charge >= 0.3 is 0 Å². The lowest BCUT2D eigenvalue weighted by molar-refractivity contribution is 0.159. The summed E-state index contributed by atoms with van der Waals surface area (Å²) >= 11 is 3.28. The summed E-state index contributed by atoms with van der Waals surface area (Å²) < 4.78 is 21.1. The highest BCUT2D eigenvalue weighted by Crippen LogP contribution is 2.31. The molecule has 2 heterocycles. The molecule has 0 bridgehead atoms. The smallest absolute Gasteiger partial charge is 0.147 e. The molecule has 3 aromatic rings. The molecule has 0 saturated carbocycles. The summed E-state index contributed by atoms with van der Waals surface area (Å²) in [5.74, 6) is 1.65. The Kier molecular flexibility index (Phi) is 5.96. The van der Waals surface area contributed by atoms with Gasteiger partial charge in [-0.1, -0.05) is 15.9 Å². The van der Waals surface area contributed by atoms with Crippen LogP contribution in [-0.4, -0.2) is 41.6 Å². The molecular weight excluding hydrogens is 435 g/mol. The number of ether oxygens (including phenoxy) is 1. The van der Waals surface area contributed by atoms with Gasteiger partial charge in [0.05, 0.1) is 17.8 Å². The van der Waals surface area contributed by atoms with E-state index in [0.717, 1.165) is 54.8 Å². The Bertz CT molecular complexity index is 1020. The minimum absolute atomic E-state index is 0.346. The fourth-order valence-corrected chi connectivity index (χ4v) is 3.94. The Morgan fingerprint density at radius 2 is 2.00 bits per heavy atom. The standard InChI is InChI=1S/C22H24BrFN4O/c1-14-9-17-20(11-21(14)29-12-15-5-7-28(2)8-6-15)25-13-26-22(17)27-19-4-3-16(23)10-18(19)24/h3-4,9-11,13,15H,5-8,12H2,1-2H3,(H,25,26,27). The van der Waals surface area contributed by atoms with Gasteiger partial charge in [0.1, 0.15) is 23.7 Å². The van der Waals surface area contributed by atoms with Gasteiger partial charge in [0, 0.05) is 15.9 Å². The second-order valence-electron chi connectivity index (χ2n) is 7.66. The zero-order valence-corrected chi connectivity index (χ0v) is 18.2. The van der Waals surface area contributed by atoms with Gasteiger partial charge in [-0.05, 0) is 75.6 Å². The number of piperidine rings is 1. The predicted octanol–water partition coefficient (Wildman–Crippen LogP) is 5.30. The minimum atomic E-state index is -0.346. The molecule has 0 spiro atoms. The van der Waals surface area contributed by atoms with Crippen LogP contribution in [0.25, 0.3) is 10.9 Å². The highest BCUT2D eigenvalue weighted by atomic mass is 79.9. The van der Waals surface area contributed by atoms with E-state index < -0.39 is 0 Å². The average molecular weight is 459 g/mol. The van der Waals surface area contributed by atoms with E-state index in [1.165, 1.54) is 12.4 Å². The minimum Gasteiger partial charge on any atom is -0.493 e. The zero-order chi connectivity index (χ0) is 20.4. The Morgan fingerprint density at radius 3 is 2.76 bits per heavy atom. The lowest BCUT2D eigenvalue weighted by atomic mass is 9.98. The molecule has 1 aromatic heterocycles. The molecular formula is C22H24BrFN4O. The second kappa shape index (κ2) is 8.63. The summed E-state index contributed by atoms with van der Waals surface area (Å²) in [6, 6.07) is 8.84. The van der Waals surface area contributed by atoms with Gasteiger partial charge < -0.3 is 15.0 Å². The summed E-state index contributed by atoms with van der Waals surface area (Å²) in [7, 11) is 2.16. The summed E-state index contributed by atoms with van der Waals surface area (Å²) in [5, 5.41) is 3.92. The first kappa shape index (κ1) is 20.0. The van der Waals surface area contributed by atoms with E-state index >= 15 is 0 Å². The number of benzene rings is 2. The molecule has 4 rings (SSSR count). The number of likely N-dealkylation sites (tertiary alicyclic amines) is 1. The van der Waals surface area contributed by atoms with Crippen LogP contribution in [0.4, 0.5) is 15.9 Å². The topological polar surface area (TPSA) is 50.3 Å². The number of hydrogen-bond donors (Lipinski definition) is 1. The number of rotatable bonds is 5. The molecule has 152 valence electrons.